The Morgan fingerprint density at radius 3 is 2.39 bits per heavy atom. The zero-order valence-electron chi connectivity index (χ0n) is 21.6. The van der Waals surface area contributed by atoms with Gasteiger partial charge in [0.05, 0.1) is 7.11 Å². The topological polar surface area (TPSA) is 113 Å². The van der Waals surface area contributed by atoms with Gasteiger partial charge in [0, 0.05) is 25.1 Å². The van der Waals surface area contributed by atoms with Gasteiger partial charge in [-0.2, -0.15) is 0 Å². The van der Waals surface area contributed by atoms with Crippen LogP contribution >= 0.6 is 0 Å². The summed E-state index contributed by atoms with van der Waals surface area (Å²) in [5.74, 6) is -2.63. The number of halogens is 1. The highest BCUT2D eigenvalue weighted by Crippen LogP contribution is 2.32. The van der Waals surface area contributed by atoms with E-state index in [2.05, 4.69) is 10.3 Å². The Balaban J connectivity index is 2.14. The van der Waals surface area contributed by atoms with Crippen molar-refractivity contribution in [2.75, 3.05) is 13.9 Å². The van der Waals surface area contributed by atoms with Crippen LogP contribution in [0, 0.1) is 18.7 Å². The number of aromatic nitrogens is 1. The van der Waals surface area contributed by atoms with Crippen LogP contribution in [0.4, 0.5) is 4.39 Å². The lowest BCUT2D eigenvalue weighted by molar-refractivity contribution is -0.152. The van der Waals surface area contributed by atoms with Crippen molar-refractivity contribution in [3.05, 3.63) is 53.1 Å². The molecule has 3 atom stereocenters. The Hall–Kier alpha value is -3.69. The number of carbonyl (C=O) groups is 3. The molecule has 0 fully saturated rings. The fraction of sp³-hybridized carbons (Fsp3) is 0.462. The van der Waals surface area contributed by atoms with E-state index >= 15 is 0 Å². The van der Waals surface area contributed by atoms with E-state index in [1.807, 2.05) is 19.9 Å². The zero-order valence-corrected chi connectivity index (χ0v) is 21.6. The predicted octanol–water partition coefficient (Wildman–Crippen LogP) is 3.93. The number of nitrogens with zero attached hydrogens (tertiary/aromatic N) is 1. The Morgan fingerprint density at radius 1 is 1.11 bits per heavy atom. The van der Waals surface area contributed by atoms with E-state index in [0.29, 0.717) is 5.56 Å². The third-order valence-corrected chi connectivity index (χ3v) is 5.51. The molecule has 2 rings (SSSR count). The fourth-order valence-electron chi connectivity index (χ4n) is 3.80. The molecule has 1 N–H and O–H groups in total. The van der Waals surface area contributed by atoms with E-state index in [4.69, 9.17) is 18.9 Å². The molecule has 10 heteroatoms. The average Bonchev–Trinajstić information content (AvgIpc) is 2.80. The molecule has 0 aliphatic carbocycles. The number of hydrogen-bond acceptors (Lipinski definition) is 8. The van der Waals surface area contributed by atoms with Crippen LogP contribution in [0.3, 0.4) is 0 Å². The van der Waals surface area contributed by atoms with Crippen LogP contribution < -0.4 is 14.8 Å². The first kappa shape index (κ1) is 28.5. The lowest BCUT2D eigenvalue weighted by atomic mass is 9.83. The summed E-state index contributed by atoms with van der Waals surface area (Å²) in [6.45, 7) is 9.55. The van der Waals surface area contributed by atoms with E-state index in [9.17, 15) is 18.8 Å². The van der Waals surface area contributed by atoms with E-state index in [0.717, 1.165) is 5.56 Å². The van der Waals surface area contributed by atoms with Crippen molar-refractivity contribution < 1.29 is 37.7 Å². The number of pyridine rings is 1. The second-order valence-electron chi connectivity index (χ2n) is 8.72. The summed E-state index contributed by atoms with van der Waals surface area (Å²) in [5.41, 5.74) is 1.08. The summed E-state index contributed by atoms with van der Waals surface area (Å²) in [6.07, 6.45) is 0.674. The molecule has 0 radical (unpaired) electrons. The van der Waals surface area contributed by atoms with Crippen molar-refractivity contribution >= 4 is 17.8 Å². The van der Waals surface area contributed by atoms with Crippen molar-refractivity contribution in [1.29, 1.82) is 0 Å². The number of methoxy groups -OCH3 is 1. The lowest BCUT2D eigenvalue weighted by Crippen LogP contribution is -2.42. The second kappa shape index (κ2) is 12.9. The molecule has 0 saturated carbocycles. The molecular weight excluding hydrogens is 471 g/mol. The largest absolute Gasteiger partial charge is 0.493 e. The molecule has 1 heterocycles. The summed E-state index contributed by atoms with van der Waals surface area (Å²) in [5, 5.41) is 2.53. The second-order valence-corrected chi connectivity index (χ2v) is 8.72. The van der Waals surface area contributed by atoms with Gasteiger partial charge in [-0.25, -0.2) is 14.2 Å². The molecule has 0 aliphatic rings. The fourth-order valence-corrected chi connectivity index (χ4v) is 3.80. The van der Waals surface area contributed by atoms with Crippen molar-refractivity contribution in [1.82, 2.24) is 10.3 Å². The number of esters is 2. The van der Waals surface area contributed by atoms with Gasteiger partial charge >= 0.3 is 11.9 Å². The molecule has 196 valence electrons. The molecule has 1 aromatic heterocycles. The number of rotatable bonds is 11. The van der Waals surface area contributed by atoms with E-state index in [1.165, 1.54) is 39.3 Å². The van der Waals surface area contributed by atoms with Gasteiger partial charge in [-0.05, 0) is 43.9 Å². The Kier molecular flexibility index (Phi) is 10.2. The number of hydrogen-bond donors (Lipinski definition) is 1. The van der Waals surface area contributed by atoms with Gasteiger partial charge < -0.3 is 24.3 Å². The number of amides is 1. The van der Waals surface area contributed by atoms with Gasteiger partial charge in [0.1, 0.15) is 18.0 Å². The molecule has 36 heavy (non-hydrogen) atoms. The smallest absolute Gasteiger partial charge is 0.328 e. The molecular formula is C26H33FN2O7. The minimum atomic E-state index is -1.05. The van der Waals surface area contributed by atoms with Crippen LogP contribution in [-0.4, -0.2) is 48.9 Å². The van der Waals surface area contributed by atoms with Gasteiger partial charge in [-0.15, -0.1) is 0 Å². The molecule has 0 saturated heterocycles. The van der Waals surface area contributed by atoms with E-state index < -0.39 is 42.7 Å². The Bertz CT molecular complexity index is 1090. The quantitative estimate of drug-likeness (QED) is 0.362. The van der Waals surface area contributed by atoms with Crippen LogP contribution in [0.25, 0.3) is 0 Å². The monoisotopic (exact) mass is 504 g/mol. The number of carbonyl (C=O) groups excluding carboxylic acids is 3. The summed E-state index contributed by atoms with van der Waals surface area (Å²) in [4.78, 5) is 40.7. The highest BCUT2D eigenvalue weighted by molar-refractivity contribution is 5.98. The lowest BCUT2D eigenvalue weighted by Gasteiger charge is -2.29. The van der Waals surface area contributed by atoms with Gasteiger partial charge in [0.2, 0.25) is 6.79 Å². The van der Waals surface area contributed by atoms with Gasteiger partial charge in [0.15, 0.2) is 17.2 Å². The summed E-state index contributed by atoms with van der Waals surface area (Å²) >= 11 is 0. The molecule has 2 aromatic rings. The van der Waals surface area contributed by atoms with Crippen molar-refractivity contribution in [2.45, 2.75) is 59.6 Å². The maximum Gasteiger partial charge on any atom is 0.328 e. The van der Waals surface area contributed by atoms with Crippen molar-refractivity contribution in [2.24, 2.45) is 5.92 Å². The first-order chi connectivity index (χ1) is 17.0. The van der Waals surface area contributed by atoms with Crippen LogP contribution in [-0.2, 0) is 19.1 Å². The predicted molar refractivity (Wildman–Crippen MR) is 129 cm³/mol. The molecule has 1 aromatic carbocycles. The van der Waals surface area contributed by atoms with Gasteiger partial charge in [-0.1, -0.05) is 26.0 Å². The normalized spacial score (nSPS) is 13.4. The maximum absolute atomic E-state index is 14.7. The van der Waals surface area contributed by atoms with Crippen LogP contribution in [0.5, 0.6) is 11.5 Å². The molecule has 9 nitrogen and oxygen atoms in total. The number of benzene rings is 1. The SMILES string of the molecule is COc1ccnc(C(=O)N[C@@H](C)C(=O)OC(C)C(c2ccc(C)cc2F)C(C)C)c1OCOC(C)=O. The van der Waals surface area contributed by atoms with E-state index in [-0.39, 0.29) is 28.9 Å². The van der Waals surface area contributed by atoms with Crippen molar-refractivity contribution in [3.63, 3.8) is 0 Å². The molecule has 0 spiro atoms. The maximum atomic E-state index is 14.7. The third kappa shape index (κ3) is 7.40. The standard InChI is InChI=1S/C26H33FN2O7/c1-14(2)22(19-9-8-15(3)12-20(19)27)17(5)36-26(32)16(4)29-25(31)23-24(35-13-34-18(6)30)21(33-7)10-11-28-23/h8-12,14,16-17,22H,13H2,1-7H3,(H,29,31)/t16-,17?,22?/m0/s1. The summed E-state index contributed by atoms with van der Waals surface area (Å²) in [6, 6.07) is 5.38. The van der Waals surface area contributed by atoms with Gasteiger partial charge in [-0.3, -0.25) is 9.59 Å². The van der Waals surface area contributed by atoms with Crippen LogP contribution in [0.2, 0.25) is 0 Å². The number of nitrogens with one attached hydrogen (secondary N) is 1. The Morgan fingerprint density at radius 2 is 1.81 bits per heavy atom. The molecule has 0 aliphatic heterocycles. The Labute approximate surface area is 210 Å². The van der Waals surface area contributed by atoms with Gasteiger partial charge in [0.25, 0.3) is 5.91 Å². The number of ether oxygens (including phenoxy) is 4. The first-order valence-electron chi connectivity index (χ1n) is 11.5. The molecule has 2 unspecified atom stereocenters. The third-order valence-electron chi connectivity index (χ3n) is 5.51. The zero-order chi connectivity index (χ0) is 27.0. The van der Waals surface area contributed by atoms with E-state index in [1.54, 1.807) is 19.9 Å². The highest BCUT2D eigenvalue weighted by atomic mass is 19.1. The molecule has 1 amide bonds. The average molecular weight is 505 g/mol. The van der Waals surface area contributed by atoms with Crippen LogP contribution in [0.15, 0.2) is 30.5 Å². The minimum Gasteiger partial charge on any atom is -0.493 e. The number of aryl methyl sites for hydroxylation is 1. The van der Waals surface area contributed by atoms with Crippen LogP contribution in [0.1, 0.15) is 62.2 Å². The summed E-state index contributed by atoms with van der Waals surface area (Å²) < 4.78 is 35.6. The summed E-state index contributed by atoms with van der Waals surface area (Å²) in [7, 11) is 1.37. The van der Waals surface area contributed by atoms with Crippen molar-refractivity contribution in [3.8, 4) is 11.5 Å². The molecule has 0 bridgehead atoms. The first-order valence-corrected chi connectivity index (χ1v) is 11.5. The minimum absolute atomic E-state index is 0.0205. The highest BCUT2D eigenvalue weighted by Gasteiger charge is 2.31.